The van der Waals surface area contributed by atoms with Gasteiger partial charge in [-0.2, -0.15) is 0 Å². The predicted octanol–water partition coefficient (Wildman–Crippen LogP) is 2.78. The van der Waals surface area contributed by atoms with Crippen LogP contribution < -0.4 is 4.74 Å². The van der Waals surface area contributed by atoms with Crippen molar-refractivity contribution in [1.82, 2.24) is 0 Å². The van der Waals surface area contributed by atoms with Crippen molar-refractivity contribution in [2.24, 2.45) is 0 Å². The molecule has 0 radical (unpaired) electrons. The van der Waals surface area contributed by atoms with Gasteiger partial charge in [0.15, 0.2) is 0 Å². The first-order chi connectivity index (χ1) is 8.42. The standard InChI is InChI=1S/C15H18O3/c1-15(2,3)18-14(16)11-7-9-12-8-5-6-10-13(12)17-4/h5-6,8,10H,11H2,1-4H3. The summed E-state index contributed by atoms with van der Waals surface area (Å²) in [5.41, 5.74) is 0.298. The molecule has 1 aromatic rings. The molecule has 0 N–H and O–H groups in total. The van der Waals surface area contributed by atoms with E-state index in [2.05, 4.69) is 11.8 Å². The van der Waals surface area contributed by atoms with E-state index in [9.17, 15) is 4.79 Å². The van der Waals surface area contributed by atoms with Gasteiger partial charge in [0.1, 0.15) is 17.8 Å². The summed E-state index contributed by atoms with van der Waals surface area (Å²) in [7, 11) is 1.59. The molecule has 1 rings (SSSR count). The van der Waals surface area contributed by atoms with Gasteiger partial charge in [-0.05, 0) is 32.9 Å². The highest BCUT2D eigenvalue weighted by molar-refractivity contribution is 5.73. The van der Waals surface area contributed by atoms with Gasteiger partial charge in [0.25, 0.3) is 0 Å². The van der Waals surface area contributed by atoms with E-state index >= 15 is 0 Å². The van der Waals surface area contributed by atoms with Crippen LogP contribution in [0.25, 0.3) is 0 Å². The third kappa shape index (κ3) is 4.92. The molecule has 0 spiro atoms. The minimum Gasteiger partial charge on any atom is -0.495 e. The van der Waals surface area contributed by atoms with Gasteiger partial charge in [-0.25, -0.2) is 0 Å². The lowest BCUT2D eigenvalue weighted by Gasteiger charge is -2.18. The summed E-state index contributed by atoms with van der Waals surface area (Å²) in [4.78, 5) is 11.4. The maximum atomic E-state index is 11.4. The maximum Gasteiger partial charge on any atom is 0.318 e. The zero-order valence-corrected chi connectivity index (χ0v) is 11.2. The van der Waals surface area contributed by atoms with Crippen LogP contribution in [-0.2, 0) is 9.53 Å². The molecule has 3 heteroatoms. The Morgan fingerprint density at radius 2 is 1.94 bits per heavy atom. The number of esters is 1. The molecule has 1 aromatic carbocycles. The lowest BCUT2D eigenvalue weighted by molar-refractivity contribution is -0.153. The smallest absolute Gasteiger partial charge is 0.318 e. The Balaban J connectivity index is 2.64. The molecule has 18 heavy (non-hydrogen) atoms. The highest BCUT2D eigenvalue weighted by Gasteiger charge is 2.14. The Labute approximate surface area is 108 Å². The molecule has 0 amide bonds. The van der Waals surface area contributed by atoms with E-state index in [4.69, 9.17) is 9.47 Å². The van der Waals surface area contributed by atoms with Gasteiger partial charge in [0, 0.05) is 0 Å². The van der Waals surface area contributed by atoms with E-state index < -0.39 is 5.60 Å². The molecule has 0 aliphatic rings. The van der Waals surface area contributed by atoms with Crippen LogP contribution in [0.2, 0.25) is 0 Å². The number of benzene rings is 1. The van der Waals surface area contributed by atoms with E-state index in [1.807, 2.05) is 45.0 Å². The molecule has 0 aromatic heterocycles. The highest BCUT2D eigenvalue weighted by Crippen LogP contribution is 2.15. The average Bonchev–Trinajstić information content (AvgIpc) is 2.27. The molecular formula is C15H18O3. The van der Waals surface area contributed by atoms with Gasteiger partial charge < -0.3 is 9.47 Å². The SMILES string of the molecule is COc1ccccc1C#CCC(=O)OC(C)(C)C. The van der Waals surface area contributed by atoms with Crippen LogP contribution in [0.5, 0.6) is 5.75 Å². The Hall–Kier alpha value is -1.95. The Morgan fingerprint density at radius 3 is 2.56 bits per heavy atom. The molecule has 0 heterocycles. The monoisotopic (exact) mass is 246 g/mol. The van der Waals surface area contributed by atoms with Crippen LogP contribution in [0.4, 0.5) is 0 Å². The first-order valence-corrected chi connectivity index (χ1v) is 5.76. The number of hydrogen-bond donors (Lipinski definition) is 0. The summed E-state index contributed by atoms with van der Waals surface area (Å²) in [5.74, 6) is 6.09. The predicted molar refractivity (Wildman–Crippen MR) is 70.3 cm³/mol. The van der Waals surface area contributed by atoms with Crippen molar-refractivity contribution in [1.29, 1.82) is 0 Å². The number of ether oxygens (including phenoxy) is 2. The molecule has 0 aliphatic heterocycles. The van der Waals surface area contributed by atoms with Crippen LogP contribution in [0.3, 0.4) is 0 Å². The van der Waals surface area contributed by atoms with Crippen molar-refractivity contribution in [2.75, 3.05) is 7.11 Å². The fraction of sp³-hybridized carbons (Fsp3) is 0.400. The van der Waals surface area contributed by atoms with Crippen LogP contribution >= 0.6 is 0 Å². The maximum absolute atomic E-state index is 11.4. The number of methoxy groups -OCH3 is 1. The minimum atomic E-state index is -0.469. The van der Waals surface area contributed by atoms with Gasteiger partial charge in [-0.1, -0.05) is 24.0 Å². The van der Waals surface area contributed by atoms with E-state index in [1.54, 1.807) is 7.11 Å². The molecule has 0 bridgehead atoms. The lowest BCUT2D eigenvalue weighted by Crippen LogP contribution is -2.23. The Kier molecular flexibility index (Phi) is 4.79. The quantitative estimate of drug-likeness (QED) is 0.594. The summed E-state index contributed by atoms with van der Waals surface area (Å²) in [6, 6.07) is 7.43. The van der Waals surface area contributed by atoms with Crippen molar-refractivity contribution < 1.29 is 14.3 Å². The van der Waals surface area contributed by atoms with Crippen LogP contribution in [0, 0.1) is 11.8 Å². The molecule has 0 saturated carbocycles. The summed E-state index contributed by atoms with van der Waals surface area (Å²) in [5, 5.41) is 0. The summed E-state index contributed by atoms with van der Waals surface area (Å²) < 4.78 is 10.3. The number of rotatable bonds is 2. The van der Waals surface area contributed by atoms with Crippen molar-refractivity contribution in [3.8, 4) is 17.6 Å². The fourth-order valence-corrected chi connectivity index (χ4v) is 1.34. The fourth-order valence-electron chi connectivity index (χ4n) is 1.34. The summed E-state index contributed by atoms with van der Waals surface area (Å²) >= 11 is 0. The first-order valence-electron chi connectivity index (χ1n) is 5.76. The first kappa shape index (κ1) is 14.1. The summed E-state index contributed by atoms with van der Waals surface area (Å²) in [6.45, 7) is 5.50. The molecule has 0 fully saturated rings. The normalized spacial score (nSPS) is 10.2. The zero-order valence-electron chi connectivity index (χ0n) is 11.2. The van der Waals surface area contributed by atoms with Crippen molar-refractivity contribution >= 4 is 5.97 Å². The number of para-hydroxylation sites is 1. The van der Waals surface area contributed by atoms with Gasteiger partial charge in [-0.3, -0.25) is 4.79 Å². The zero-order chi connectivity index (χ0) is 13.6. The molecule has 0 atom stereocenters. The average molecular weight is 246 g/mol. The van der Waals surface area contributed by atoms with Gasteiger partial charge in [-0.15, -0.1) is 0 Å². The molecule has 3 nitrogen and oxygen atoms in total. The van der Waals surface area contributed by atoms with Crippen LogP contribution in [0.1, 0.15) is 32.8 Å². The number of hydrogen-bond acceptors (Lipinski definition) is 3. The van der Waals surface area contributed by atoms with E-state index in [0.29, 0.717) is 5.75 Å². The molecule has 0 aliphatic carbocycles. The highest BCUT2D eigenvalue weighted by atomic mass is 16.6. The lowest BCUT2D eigenvalue weighted by atomic mass is 10.2. The third-order valence-corrected chi connectivity index (χ3v) is 1.98. The molecule has 96 valence electrons. The Morgan fingerprint density at radius 1 is 1.28 bits per heavy atom. The molecule has 0 unspecified atom stereocenters. The molecular weight excluding hydrogens is 228 g/mol. The van der Waals surface area contributed by atoms with Crippen LogP contribution in [0.15, 0.2) is 24.3 Å². The minimum absolute atomic E-state index is 0.0787. The third-order valence-electron chi connectivity index (χ3n) is 1.98. The number of carbonyl (C=O) groups excluding carboxylic acids is 1. The van der Waals surface area contributed by atoms with Gasteiger partial charge >= 0.3 is 5.97 Å². The van der Waals surface area contributed by atoms with E-state index in [-0.39, 0.29) is 12.4 Å². The van der Waals surface area contributed by atoms with E-state index in [1.165, 1.54) is 0 Å². The van der Waals surface area contributed by atoms with Crippen molar-refractivity contribution in [2.45, 2.75) is 32.8 Å². The van der Waals surface area contributed by atoms with Crippen molar-refractivity contribution in [3.63, 3.8) is 0 Å². The molecule has 0 saturated heterocycles. The largest absolute Gasteiger partial charge is 0.495 e. The second-order valence-electron chi connectivity index (χ2n) is 4.77. The van der Waals surface area contributed by atoms with Crippen molar-refractivity contribution in [3.05, 3.63) is 29.8 Å². The van der Waals surface area contributed by atoms with Gasteiger partial charge in [0.05, 0.1) is 12.7 Å². The van der Waals surface area contributed by atoms with E-state index in [0.717, 1.165) is 5.56 Å². The second-order valence-corrected chi connectivity index (χ2v) is 4.77. The van der Waals surface area contributed by atoms with Crippen LogP contribution in [-0.4, -0.2) is 18.7 Å². The van der Waals surface area contributed by atoms with Gasteiger partial charge in [0.2, 0.25) is 0 Å². The number of carbonyl (C=O) groups is 1. The Bertz CT molecular complexity index is 472. The topological polar surface area (TPSA) is 35.5 Å². The summed E-state index contributed by atoms with van der Waals surface area (Å²) in [6.07, 6.45) is 0.0787. The second kappa shape index (κ2) is 6.11.